The van der Waals surface area contributed by atoms with Crippen LogP contribution in [0, 0.1) is 0 Å². The molecule has 0 spiro atoms. The molecule has 1 saturated heterocycles. The molecular weight excluding hydrogens is 326 g/mol. The van der Waals surface area contributed by atoms with Crippen molar-refractivity contribution in [2.45, 2.75) is 56.3 Å². The number of carbonyl (C=O) groups is 1. The minimum atomic E-state index is -0.185. The lowest BCUT2D eigenvalue weighted by Gasteiger charge is -2.43. The van der Waals surface area contributed by atoms with Crippen LogP contribution in [0.4, 0.5) is 0 Å². The third-order valence-electron chi connectivity index (χ3n) is 5.76. The Balaban J connectivity index is 1.67. The van der Waals surface area contributed by atoms with Gasteiger partial charge in [-0.2, -0.15) is 0 Å². The number of hydrogen-bond donors (Lipinski definition) is 0. The molecule has 0 aromatic heterocycles. The minimum Gasteiger partial charge on any atom is -0.381 e. The third kappa shape index (κ3) is 3.32. The summed E-state index contributed by atoms with van der Waals surface area (Å²) in [5, 5.41) is 0.732. The SMILES string of the molecule is CO[C@H]1CC[C@@]2(OC)CCN(C(=O)CCc3ccccc3Cl)[C@H]2C1. The summed E-state index contributed by atoms with van der Waals surface area (Å²) in [6.45, 7) is 0.774. The van der Waals surface area contributed by atoms with Crippen molar-refractivity contribution < 1.29 is 14.3 Å². The molecule has 1 heterocycles. The molecule has 0 bridgehead atoms. The number of amides is 1. The van der Waals surface area contributed by atoms with Crippen molar-refractivity contribution in [1.29, 1.82) is 0 Å². The molecule has 0 N–H and O–H groups in total. The molecule has 1 saturated carbocycles. The van der Waals surface area contributed by atoms with Crippen LogP contribution < -0.4 is 0 Å². The van der Waals surface area contributed by atoms with E-state index in [0.29, 0.717) is 12.8 Å². The van der Waals surface area contributed by atoms with Gasteiger partial charge < -0.3 is 14.4 Å². The fraction of sp³-hybridized carbons (Fsp3) is 0.632. The molecular formula is C19H26ClNO3. The molecule has 0 unspecified atom stereocenters. The number of nitrogens with zero attached hydrogens (tertiary/aromatic N) is 1. The van der Waals surface area contributed by atoms with Gasteiger partial charge in [-0.25, -0.2) is 0 Å². The van der Waals surface area contributed by atoms with Gasteiger partial charge in [-0.1, -0.05) is 29.8 Å². The molecule has 1 aliphatic carbocycles. The first kappa shape index (κ1) is 17.7. The summed E-state index contributed by atoms with van der Waals surface area (Å²) >= 11 is 6.20. The quantitative estimate of drug-likeness (QED) is 0.815. The number of methoxy groups -OCH3 is 2. The summed E-state index contributed by atoms with van der Waals surface area (Å²) in [7, 11) is 3.53. The van der Waals surface area contributed by atoms with E-state index in [-0.39, 0.29) is 23.7 Å². The smallest absolute Gasteiger partial charge is 0.223 e. The van der Waals surface area contributed by atoms with Crippen LogP contribution in [0.25, 0.3) is 0 Å². The average molecular weight is 352 g/mol. The lowest BCUT2D eigenvalue weighted by molar-refractivity contribution is -0.140. The number of carbonyl (C=O) groups excluding carboxylic acids is 1. The monoisotopic (exact) mass is 351 g/mol. The number of rotatable bonds is 5. The molecule has 5 heteroatoms. The van der Waals surface area contributed by atoms with Crippen LogP contribution in [-0.2, 0) is 20.7 Å². The highest BCUT2D eigenvalue weighted by molar-refractivity contribution is 6.31. The van der Waals surface area contributed by atoms with Gasteiger partial charge in [0.05, 0.1) is 17.7 Å². The third-order valence-corrected chi connectivity index (χ3v) is 6.13. The van der Waals surface area contributed by atoms with Gasteiger partial charge in [-0.05, 0) is 43.7 Å². The summed E-state index contributed by atoms with van der Waals surface area (Å²) < 4.78 is 11.4. The predicted octanol–water partition coefficient (Wildman–Crippen LogP) is 3.46. The van der Waals surface area contributed by atoms with Crippen molar-refractivity contribution in [1.82, 2.24) is 4.90 Å². The lowest BCUT2D eigenvalue weighted by atomic mass is 9.79. The van der Waals surface area contributed by atoms with E-state index < -0.39 is 0 Å². The van der Waals surface area contributed by atoms with E-state index in [2.05, 4.69) is 0 Å². The van der Waals surface area contributed by atoms with Crippen molar-refractivity contribution in [3.8, 4) is 0 Å². The normalized spacial score (nSPS) is 29.5. The topological polar surface area (TPSA) is 38.8 Å². The van der Waals surface area contributed by atoms with Gasteiger partial charge in [0, 0.05) is 32.2 Å². The Bertz CT molecular complexity index is 594. The van der Waals surface area contributed by atoms with Crippen LogP contribution >= 0.6 is 11.6 Å². The van der Waals surface area contributed by atoms with E-state index in [1.54, 1.807) is 14.2 Å². The van der Waals surface area contributed by atoms with Gasteiger partial charge >= 0.3 is 0 Å². The summed E-state index contributed by atoms with van der Waals surface area (Å²) in [6, 6.07) is 7.85. The first-order valence-corrected chi connectivity index (χ1v) is 9.08. The Morgan fingerprint density at radius 2 is 2.12 bits per heavy atom. The summed E-state index contributed by atoms with van der Waals surface area (Å²) in [5.74, 6) is 0.190. The van der Waals surface area contributed by atoms with Crippen LogP contribution in [0.1, 0.15) is 37.7 Å². The van der Waals surface area contributed by atoms with E-state index in [1.165, 1.54) is 0 Å². The van der Waals surface area contributed by atoms with E-state index >= 15 is 0 Å². The van der Waals surface area contributed by atoms with Crippen molar-refractivity contribution in [3.05, 3.63) is 34.9 Å². The highest BCUT2D eigenvalue weighted by Crippen LogP contribution is 2.43. The molecule has 3 rings (SSSR count). The zero-order valence-electron chi connectivity index (χ0n) is 14.5. The van der Waals surface area contributed by atoms with E-state index in [4.69, 9.17) is 21.1 Å². The molecule has 2 fully saturated rings. The number of ether oxygens (including phenoxy) is 2. The Labute approximate surface area is 149 Å². The second-order valence-electron chi connectivity index (χ2n) is 6.85. The maximum atomic E-state index is 12.8. The maximum absolute atomic E-state index is 12.8. The largest absolute Gasteiger partial charge is 0.381 e. The second-order valence-corrected chi connectivity index (χ2v) is 7.25. The minimum absolute atomic E-state index is 0.125. The van der Waals surface area contributed by atoms with E-state index in [9.17, 15) is 4.79 Å². The first-order valence-electron chi connectivity index (χ1n) is 8.70. The highest BCUT2D eigenvalue weighted by Gasteiger charge is 2.52. The molecule has 1 aromatic rings. The Kier molecular flexibility index (Phi) is 5.48. The summed E-state index contributed by atoms with van der Waals surface area (Å²) in [6.07, 6.45) is 5.12. The standard InChI is InChI=1S/C19H26ClNO3/c1-23-15-9-10-19(24-2)11-12-21(17(19)13-15)18(22)8-7-14-5-3-4-6-16(14)20/h3-6,15,17H,7-13H2,1-2H3/t15-,17-,19+/m0/s1. The predicted molar refractivity (Wildman–Crippen MR) is 94.3 cm³/mol. The van der Waals surface area contributed by atoms with Crippen LogP contribution in [0.3, 0.4) is 0 Å². The molecule has 4 nitrogen and oxygen atoms in total. The fourth-order valence-corrected chi connectivity index (χ4v) is 4.49. The van der Waals surface area contributed by atoms with E-state index in [1.807, 2.05) is 29.2 Å². The molecule has 3 atom stereocenters. The number of likely N-dealkylation sites (tertiary alicyclic amines) is 1. The highest BCUT2D eigenvalue weighted by atomic mass is 35.5. The van der Waals surface area contributed by atoms with Gasteiger partial charge in [0.15, 0.2) is 0 Å². The van der Waals surface area contributed by atoms with E-state index in [0.717, 1.165) is 42.8 Å². The second kappa shape index (κ2) is 7.42. The van der Waals surface area contributed by atoms with Gasteiger partial charge in [-0.3, -0.25) is 4.79 Å². The van der Waals surface area contributed by atoms with Gasteiger partial charge in [0.25, 0.3) is 0 Å². The zero-order chi connectivity index (χ0) is 17.2. The number of fused-ring (bicyclic) bond motifs is 1. The van der Waals surface area contributed by atoms with Crippen LogP contribution in [0.5, 0.6) is 0 Å². The van der Waals surface area contributed by atoms with Crippen molar-refractivity contribution >= 4 is 17.5 Å². The van der Waals surface area contributed by atoms with Crippen LogP contribution in [0.2, 0.25) is 5.02 Å². The Morgan fingerprint density at radius 3 is 2.83 bits per heavy atom. The van der Waals surface area contributed by atoms with Crippen molar-refractivity contribution in [2.24, 2.45) is 0 Å². The summed E-state index contributed by atoms with van der Waals surface area (Å²) in [5.41, 5.74) is 0.845. The average Bonchev–Trinajstić information content (AvgIpc) is 3.00. The maximum Gasteiger partial charge on any atom is 0.223 e. The van der Waals surface area contributed by atoms with Crippen LogP contribution in [0.15, 0.2) is 24.3 Å². The fourth-order valence-electron chi connectivity index (χ4n) is 4.26. The molecule has 1 aliphatic heterocycles. The first-order chi connectivity index (χ1) is 11.6. The molecule has 1 amide bonds. The van der Waals surface area contributed by atoms with Gasteiger partial charge in [-0.15, -0.1) is 0 Å². The molecule has 2 aliphatic rings. The molecule has 0 radical (unpaired) electrons. The van der Waals surface area contributed by atoms with Crippen molar-refractivity contribution in [3.63, 3.8) is 0 Å². The Morgan fingerprint density at radius 1 is 1.33 bits per heavy atom. The number of hydrogen-bond acceptors (Lipinski definition) is 3. The van der Waals surface area contributed by atoms with Crippen LogP contribution in [-0.4, -0.2) is 49.3 Å². The van der Waals surface area contributed by atoms with Gasteiger partial charge in [0.1, 0.15) is 0 Å². The summed E-state index contributed by atoms with van der Waals surface area (Å²) in [4.78, 5) is 14.8. The number of halogens is 1. The number of aryl methyl sites for hydroxylation is 1. The Hall–Kier alpha value is -1.10. The molecule has 24 heavy (non-hydrogen) atoms. The van der Waals surface area contributed by atoms with Crippen molar-refractivity contribution in [2.75, 3.05) is 20.8 Å². The molecule has 1 aromatic carbocycles. The zero-order valence-corrected chi connectivity index (χ0v) is 15.2. The van der Waals surface area contributed by atoms with Gasteiger partial charge in [0.2, 0.25) is 5.91 Å². The lowest BCUT2D eigenvalue weighted by Crippen LogP contribution is -2.53. The number of benzene rings is 1. The molecule has 132 valence electrons.